The Balaban J connectivity index is 2.88. The zero-order chi connectivity index (χ0) is 12.7. The van der Waals surface area contributed by atoms with E-state index in [1.54, 1.807) is 7.11 Å². The van der Waals surface area contributed by atoms with E-state index in [9.17, 15) is 0 Å². The zero-order valence-electron chi connectivity index (χ0n) is 11.4. The fourth-order valence-electron chi connectivity index (χ4n) is 1.96. The van der Waals surface area contributed by atoms with Crippen molar-refractivity contribution in [3.8, 4) is 5.75 Å². The molecule has 0 aliphatic rings. The van der Waals surface area contributed by atoms with Crippen LogP contribution in [-0.4, -0.2) is 32.1 Å². The molecule has 1 aromatic rings. The molecule has 1 rings (SSSR count). The molecular formula is C14H24N2O. The van der Waals surface area contributed by atoms with Crippen LogP contribution in [0, 0.1) is 0 Å². The monoisotopic (exact) mass is 236 g/mol. The Bertz CT molecular complexity index is 335. The molecule has 0 amide bonds. The van der Waals surface area contributed by atoms with Crippen molar-refractivity contribution in [2.45, 2.75) is 26.9 Å². The number of nitrogens with one attached hydrogen (secondary N) is 1. The Labute approximate surface area is 105 Å². The van der Waals surface area contributed by atoms with E-state index in [1.165, 1.54) is 11.1 Å². The molecule has 1 aromatic carbocycles. The van der Waals surface area contributed by atoms with Gasteiger partial charge < -0.3 is 10.1 Å². The van der Waals surface area contributed by atoms with Crippen LogP contribution in [0.4, 0.5) is 0 Å². The van der Waals surface area contributed by atoms with E-state index >= 15 is 0 Å². The lowest BCUT2D eigenvalue weighted by Gasteiger charge is -2.20. The number of nitrogens with zero attached hydrogens (tertiary/aromatic N) is 1. The Morgan fingerprint density at radius 3 is 2.47 bits per heavy atom. The number of hydrogen-bond donors (Lipinski definition) is 1. The second-order valence-corrected chi connectivity index (χ2v) is 4.14. The summed E-state index contributed by atoms with van der Waals surface area (Å²) in [6.07, 6.45) is 0. The summed E-state index contributed by atoms with van der Waals surface area (Å²) >= 11 is 0. The van der Waals surface area contributed by atoms with Gasteiger partial charge in [0, 0.05) is 18.7 Å². The van der Waals surface area contributed by atoms with Gasteiger partial charge in [0.1, 0.15) is 5.75 Å². The van der Waals surface area contributed by atoms with Gasteiger partial charge in [-0.25, -0.2) is 0 Å². The zero-order valence-corrected chi connectivity index (χ0v) is 11.4. The molecule has 96 valence electrons. The van der Waals surface area contributed by atoms with Crippen LogP contribution < -0.4 is 10.1 Å². The quantitative estimate of drug-likeness (QED) is 0.786. The fourth-order valence-corrected chi connectivity index (χ4v) is 1.96. The molecule has 0 atom stereocenters. The average molecular weight is 236 g/mol. The summed E-state index contributed by atoms with van der Waals surface area (Å²) in [6.45, 7) is 8.36. The van der Waals surface area contributed by atoms with Gasteiger partial charge in [-0.1, -0.05) is 19.9 Å². The van der Waals surface area contributed by atoms with Crippen LogP contribution in [0.5, 0.6) is 5.75 Å². The molecule has 3 heteroatoms. The minimum Gasteiger partial charge on any atom is -0.496 e. The summed E-state index contributed by atoms with van der Waals surface area (Å²) in [5.74, 6) is 0.983. The fraction of sp³-hybridized carbons (Fsp3) is 0.571. The van der Waals surface area contributed by atoms with Gasteiger partial charge in [-0.3, -0.25) is 4.90 Å². The lowest BCUT2D eigenvalue weighted by molar-refractivity contribution is 0.289. The van der Waals surface area contributed by atoms with E-state index < -0.39 is 0 Å². The van der Waals surface area contributed by atoms with Gasteiger partial charge in [0.2, 0.25) is 0 Å². The second-order valence-electron chi connectivity index (χ2n) is 4.14. The summed E-state index contributed by atoms with van der Waals surface area (Å²) in [5, 5.41) is 3.18. The maximum Gasteiger partial charge on any atom is 0.123 e. The Morgan fingerprint density at radius 1 is 1.24 bits per heavy atom. The third-order valence-corrected chi connectivity index (χ3v) is 3.01. The summed E-state index contributed by atoms with van der Waals surface area (Å²) < 4.78 is 5.42. The maximum absolute atomic E-state index is 5.42. The Kier molecular flexibility index (Phi) is 6.01. The average Bonchev–Trinajstić information content (AvgIpc) is 2.36. The van der Waals surface area contributed by atoms with Gasteiger partial charge in [-0.15, -0.1) is 0 Å². The highest BCUT2D eigenvalue weighted by Gasteiger charge is 2.08. The van der Waals surface area contributed by atoms with Gasteiger partial charge >= 0.3 is 0 Å². The molecular weight excluding hydrogens is 212 g/mol. The normalized spacial score (nSPS) is 10.9. The SMILES string of the molecule is CCN(CC)Cc1cc(CNC)ccc1OC. The van der Waals surface area contributed by atoms with Gasteiger partial charge in [-0.2, -0.15) is 0 Å². The molecule has 0 aliphatic carbocycles. The number of rotatable bonds is 7. The Morgan fingerprint density at radius 2 is 1.94 bits per heavy atom. The van der Waals surface area contributed by atoms with Crippen molar-refractivity contribution in [2.24, 2.45) is 0 Å². The first-order valence-corrected chi connectivity index (χ1v) is 6.27. The number of ether oxygens (including phenoxy) is 1. The molecule has 0 bridgehead atoms. The highest BCUT2D eigenvalue weighted by atomic mass is 16.5. The summed E-state index contributed by atoms with van der Waals surface area (Å²) in [5.41, 5.74) is 2.57. The molecule has 0 saturated carbocycles. The highest BCUT2D eigenvalue weighted by Crippen LogP contribution is 2.21. The van der Waals surface area contributed by atoms with Crippen LogP contribution in [0.1, 0.15) is 25.0 Å². The van der Waals surface area contributed by atoms with Crippen molar-refractivity contribution >= 4 is 0 Å². The molecule has 0 fully saturated rings. The van der Waals surface area contributed by atoms with Crippen LogP contribution in [0.2, 0.25) is 0 Å². The molecule has 0 radical (unpaired) electrons. The van der Waals surface area contributed by atoms with E-state index in [4.69, 9.17) is 4.74 Å². The van der Waals surface area contributed by atoms with Crippen molar-refractivity contribution in [3.63, 3.8) is 0 Å². The van der Waals surface area contributed by atoms with Crippen LogP contribution in [0.15, 0.2) is 18.2 Å². The van der Waals surface area contributed by atoms with Crippen LogP contribution in [-0.2, 0) is 13.1 Å². The molecule has 0 heterocycles. The van der Waals surface area contributed by atoms with Crippen LogP contribution in [0.25, 0.3) is 0 Å². The molecule has 17 heavy (non-hydrogen) atoms. The van der Waals surface area contributed by atoms with E-state index in [0.717, 1.165) is 31.9 Å². The van der Waals surface area contributed by atoms with Crippen LogP contribution in [0.3, 0.4) is 0 Å². The Hall–Kier alpha value is -1.06. The third-order valence-electron chi connectivity index (χ3n) is 3.01. The van der Waals surface area contributed by atoms with Crippen molar-refractivity contribution in [1.82, 2.24) is 10.2 Å². The largest absolute Gasteiger partial charge is 0.496 e. The molecule has 0 aliphatic heterocycles. The van der Waals surface area contributed by atoms with E-state index in [2.05, 4.69) is 42.3 Å². The molecule has 0 spiro atoms. The van der Waals surface area contributed by atoms with Gasteiger partial charge in [0.25, 0.3) is 0 Å². The summed E-state index contributed by atoms with van der Waals surface area (Å²) in [6, 6.07) is 6.40. The first-order chi connectivity index (χ1) is 8.24. The highest BCUT2D eigenvalue weighted by molar-refractivity contribution is 5.37. The summed E-state index contributed by atoms with van der Waals surface area (Å²) in [7, 11) is 3.70. The molecule has 0 saturated heterocycles. The van der Waals surface area contributed by atoms with Crippen molar-refractivity contribution in [3.05, 3.63) is 29.3 Å². The standard InChI is InChI=1S/C14H24N2O/c1-5-16(6-2)11-13-9-12(10-15-3)7-8-14(13)17-4/h7-9,15H,5-6,10-11H2,1-4H3. The van der Waals surface area contributed by atoms with E-state index in [1.807, 2.05) is 7.05 Å². The van der Waals surface area contributed by atoms with Gasteiger partial charge in [-0.05, 0) is 37.8 Å². The van der Waals surface area contributed by atoms with Crippen molar-refractivity contribution in [2.75, 3.05) is 27.2 Å². The number of hydrogen-bond acceptors (Lipinski definition) is 3. The molecule has 3 nitrogen and oxygen atoms in total. The van der Waals surface area contributed by atoms with Gasteiger partial charge in [0.05, 0.1) is 7.11 Å². The van der Waals surface area contributed by atoms with Crippen LogP contribution >= 0.6 is 0 Å². The third kappa shape index (κ3) is 4.02. The smallest absolute Gasteiger partial charge is 0.123 e. The van der Waals surface area contributed by atoms with E-state index in [-0.39, 0.29) is 0 Å². The lowest BCUT2D eigenvalue weighted by atomic mass is 10.1. The first kappa shape index (κ1) is 14.0. The first-order valence-electron chi connectivity index (χ1n) is 6.27. The molecule has 1 N–H and O–H groups in total. The summed E-state index contributed by atoms with van der Waals surface area (Å²) in [4.78, 5) is 2.39. The number of methoxy groups -OCH3 is 1. The van der Waals surface area contributed by atoms with E-state index in [0.29, 0.717) is 0 Å². The lowest BCUT2D eigenvalue weighted by Crippen LogP contribution is -2.22. The molecule has 0 aromatic heterocycles. The minimum absolute atomic E-state index is 0.898. The maximum atomic E-state index is 5.42. The predicted octanol–water partition coefficient (Wildman–Crippen LogP) is 2.26. The minimum atomic E-state index is 0.898. The number of benzene rings is 1. The predicted molar refractivity (Wildman–Crippen MR) is 72.4 cm³/mol. The van der Waals surface area contributed by atoms with Gasteiger partial charge in [0.15, 0.2) is 0 Å². The molecule has 0 unspecified atom stereocenters. The second kappa shape index (κ2) is 7.30. The topological polar surface area (TPSA) is 24.5 Å². The van der Waals surface area contributed by atoms with Crippen molar-refractivity contribution in [1.29, 1.82) is 0 Å². The van der Waals surface area contributed by atoms with Crippen molar-refractivity contribution < 1.29 is 4.74 Å².